The summed E-state index contributed by atoms with van der Waals surface area (Å²) in [4.78, 5) is 34.9. The van der Waals surface area contributed by atoms with Crippen molar-refractivity contribution in [1.82, 2.24) is 0 Å². The Balaban J connectivity index is 1.57. The summed E-state index contributed by atoms with van der Waals surface area (Å²) in [6.45, 7) is 0. The second kappa shape index (κ2) is 9.27. The van der Waals surface area contributed by atoms with Crippen LogP contribution in [0, 0.1) is 10.1 Å². The Hall–Kier alpha value is -4.00. The molecule has 3 rings (SSSR count). The monoisotopic (exact) mass is 389 g/mol. The maximum absolute atomic E-state index is 12.3. The number of anilines is 2. The van der Waals surface area contributed by atoms with Crippen molar-refractivity contribution in [3.63, 3.8) is 0 Å². The molecule has 0 fully saturated rings. The van der Waals surface area contributed by atoms with E-state index < -0.39 is 10.8 Å². The minimum absolute atomic E-state index is 0.0178. The largest absolute Gasteiger partial charge is 0.326 e. The van der Waals surface area contributed by atoms with Gasteiger partial charge in [-0.25, -0.2) is 0 Å². The molecule has 0 unspecified atom stereocenters. The number of amides is 2. The van der Waals surface area contributed by atoms with E-state index in [0.29, 0.717) is 24.2 Å². The molecular formula is C22H19N3O4. The van der Waals surface area contributed by atoms with E-state index in [4.69, 9.17) is 0 Å². The Bertz CT molecular complexity index is 1020. The van der Waals surface area contributed by atoms with Crippen molar-refractivity contribution in [1.29, 1.82) is 0 Å². The first-order chi connectivity index (χ1) is 14.0. The first kappa shape index (κ1) is 19.8. The predicted molar refractivity (Wildman–Crippen MR) is 111 cm³/mol. The Morgan fingerprint density at radius 2 is 1.38 bits per heavy atom. The molecule has 0 aliphatic carbocycles. The smallest absolute Gasteiger partial charge is 0.282 e. The highest BCUT2D eigenvalue weighted by atomic mass is 16.6. The topological polar surface area (TPSA) is 101 Å². The van der Waals surface area contributed by atoms with Gasteiger partial charge in [0.05, 0.1) is 4.92 Å². The number of nitrogens with one attached hydrogen (secondary N) is 2. The second-order valence-corrected chi connectivity index (χ2v) is 6.34. The second-order valence-electron chi connectivity index (χ2n) is 6.34. The molecule has 2 N–H and O–H groups in total. The van der Waals surface area contributed by atoms with Crippen molar-refractivity contribution < 1.29 is 14.5 Å². The van der Waals surface area contributed by atoms with Crippen molar-refractivity contribution in [2.45, 2.75) is 12.8 Å². The Morgan fingerprint density at radius 3 is 2.03 bits per heavy atom. The van der Waals surface area contributed by atoms with Crippen LogP contribution in [0.2, 0.25) is 0 Å². The number of carbonyl (C=O) groups excluding carboxylic acids is 2. The highest BCUT2D eigenvalue weighted by Gasteiger charge is 2.19. The third kappa shape index (κ3) is 5.49. The highest BCUT2D eigenvalue weighted by Crippen LogP contribution is 2.20. The number of rotatable bonds is 7. The minimum Gasteiger partial charge on any atom is -0.326 e. The van der Waals surface area contributed by atoms with Crippen LogP contribution in [0.3, 0.4) is 0 Å². The first-order valence-electron chi connectivity index (χ1n) is 9.01. The molecule has 7 heteroatoms. The van der Waals surface area contributed by atoms with Gasteiger partial charge in [0.1, 0.15) is 5.56 Å². The molecule has 0 saturated heterocycles. The lowest BCUT2D eigenvalue weighted by atomic mass is 10.1. The molecule has 3 aromatic rings. The number of benzene rings is 3. The summed E-state index contributed by atoms with van der Waals surface area (Å²) in [6.07, 6.45) is 1.01. The van der Waals surface area contributed by atoms with Crippen LogP contribution >= 0.6 is 0 Å². The van der Waals surface area contributed by atoms with E-state index in [0.717, 1.165) is 5.56 Å². The molecule has 2 amide bonds. The van der Waals surface area contributed by atoms with Crippen molar-refractivity contribution in [2.75, 3.05) is 10.6 Å². The zero-order valence-corrected chi connectivity index (χ0v) is 15.5. The van der Waals surface area contributed by atoms with Gasteiger partial charge in [-0.15, -0.1) is 0 Å². The summed E-state index contributed by atoms with van der Waals surface area (Å²) >= 11 is 0. The van der Waals surface area contributed by atoms with E-state index >= 15 is 0 Å². The predicted octanol–water partition coefficient (Wildman–Crippen LogP) is 4.42. The summed E-state index contributed by atoms with van der Waals surface area (Å²) in [5, 5.41) is 16.5. The van der Waals surface area contributed by atoms with Crippen molar-refractivity contribution in [3.8, 4) is 0 Å². The standard InChI is InChI=1S/C22H19N3O4/c26-21(15-10-16-6-2-1-3-7-16)23-17-11-13-18(14-12-17)24-22(27)19-8-4-5-9-20(19)25(28)29/h1-9,11-14H,10,15H2,(H,23,26)(H,24,27). The molecule has 0 saturated carbocycles. The lowest BCUT2D eigenvalue weighted by Gasteiger charge is -2.08. The summed E-state index contributed by atoms with van der Waals surface area (Å²) in [7, 11) is 0. The molecule has 0 atom stereocenters. The average Bonchev–Trinajstić information content (AvgIpc) is 2.74. The van der Waals surface area contributed by atoms with Gasteiger partial charge in [0, 0.05) is 23.9 Å². The van der Waals surface area contributed by atoms with E-state index in [2.05, 4.69) is 10.6 Å². The van der Waals surface area contributed by atoms with Gasteiger partial charge in [-0.1, -0.05) is 42.5 Å². The molecule has 0 aromatic heterocycles. The molecule has 3 aromatic carbocycles. The number of nitro groups is 1. The number of carbonyl (C=O) groups is 2. The van der Waals surface area contributed by atoms with Gasteiger partial charge in [-0.2, -0.15) is 0 Å². The van der Waals surface area contributed by atoms with Gasteiger partial charge in [0.2, 0.25) is 5.91 Å². The molecule has 0 spiro atoms. The summed E-state index contributed by atoms with van der Waals surface area (Å²) in [5.74, 6) is -0.678. The van der Waals surface area contributed by atoms with E-state index in [1.165, 1.54) is 18.2 Å². The van der Waals surface area contributed by atoms with Crippen LogP contribution in [-0.4, -0.2) is 16.7 Å². The summed E-state index contributed by atoms with van der Waals surface area (Å²) in [6, 6.07) is 22.1. The zero-order valence-electron chi connectivity index (χ0n) is 15.5. The maximum atomic E-state index is 12.3. The van der Waals surface area contributed by atoms with Gasteiger partial charge >= 0.3 is 0 Å². The van der Waals surface area contributed by atoms with Crippen LogP contribution in [-0.2, 0) is 11.2 Å². The number of hydrogen-bond acceptors (Lipinski definition) is 4. The molecule has 0 aliphatic rings. The van der Waals surface area contributed by atoms with Crippen molar-refractivity contribution >= 4 is 28.9 Å². The summed E-state index contributed by atoms with van der Waals surface area (Å²) in [5.41, 5.74) is 1.89. The normalized spacial score (nSPS) is 10.2. The third-order valence-electron chi connectivity index (χ3n) is 4.26. The Labute approximate surface area is 167 Å². The molecule has 7 nitrogen and oxygen atoms in total. The average molecular weight is 389 g/mol. The van der Waals surface area contributed by atoms with E-state index in [-0.39, 0.29) is 17.2 Å². The fourth-order valence-corrected chi connectivity index (χ4v) is 2.79. The van der Waals surface area contributed by atoms with Crippen molar-refractivity contribution in [3.05, 3.63) is 100 Å². The Kier molecular flexibility index (Phi) is 6.32. The highest BCUT2D eigenvalue weighted by molar-refractivity contribution is 6.07. The van der Waals surface area contributed by atoms with E-state index in [9.17, 15) is 19.7 Å². The number of nitrogens with zero attached hydrogens (tertiary/aromatic N) is 1. The molecule has 0 aliphatic heterocycles. The third-order valence-corrected chi connectivity index (χ3v) is 4.26. The van der Waals surface area contributed by atoms with E-state index in [1.807, 2.05) is 30.3 Å². The molecule has 29 heavy (non-hydrogen) atoms. The zero-order chi connectivity index (χ0) is 20.6. The SMILES string of the molecule is O=C(CCc1ccccc1)Nc1ccc(NC(=O)c2ccccc2[N+](=O)[O-])cc1. The number of hydrogen-bond donors (Lipinski definition) is 2. The molecule has 146 valence electrons. The van der Waals surface area contributed by atoms with Gasteiger partial charge in [0.15, 0.2) is 0 Å². The Morgan fingerprint density at radius 1 is 0.793 bits per heavy atom. The minimum atomic E-state index is -0.594. The number of nitro benzene ring substituents is 1. The van der Waals surface area contributed by atoms with Crippen molar-refractivity contribution in [2.24, 2.45) is 0 Å². The number of aryl methyl sites for hydroxylation is 1. The van der Waals surface area contributed by atoms with Crippen LogP contribution in [0.4, 0.5) is 17.1 Å². The maximum Gasteiger partial charge on any atom is 0.282 e. The fraction of sp³-hybridized carbons (Fsp3) is 0.0909. The molecule has 0 bridgehead atoms. The van der Waals surface area contributed by atoms with E-state index in [1.54, 1.807) is 30.3 Å². The van der Waals surface area contributed by atoms with Crippen LogP contribution in [0.25, 0.3) is 0 Å². The molecule has 0 heterocycles. The van der Waals surface area contributed by atoms with Gasteiger partial charge < -0.3 is 10.6 Å². The van der Waals surface area contributed by atoms with Gasteiger partial charge in [0.25, 0.3) is 11.6 Å². The van der Waals surface area contributed by atoms with Crippen LogP contribution in [0.5, 0.6) is 0 Å². The fourth-order valence-electron chi connectivity index (χ4n) is 2.79. The first-order valence-corrected chi connectivity index (χ1v) is 9.01. The lowest BCUT2D eigenvalue weighted by Crippen LogP contribution is -2.14. The lowest BCUT2D eigenvalue weighted by molar-refractivity contribution is -0.385. The van der Waals surface area contributed by atoms with Crippen LogP contribution in [0.1, 0.15) is 22.3 Å². The number of para-hydroxylation sites is 1. The summed E-state index contributed by atoms with van der Waals surface area (Å²) < 4.78 is 0. The van der Waals surface area contributed by atoms with Crippen LogP contribution in [0.15, 0.2) is 78.9 Å². The van der Waals surface area contributed by atoms with Gasteiger partial charge in [-0.3, -0.25) is 19.7 Å². The molecule has 0 radical (unpaired) electrons. The quantitative estimate of drug-likeness (QED) is 0.461. The van der Waals surface area contributed by atoms with Gasteiger partial charge in [-0.05, 0) is 42.3 Å². The van der Waals surface area contributed by atoms with Crippen LogP contribution < -0.4 is 10.6 Å². The molecular weight excluding hydrogens is 370 g/mol.